The third-order valence-corrected chi connectivity index (χ3v) is 22.6. The Morgan fingerprint density at radius 1 is 0.688 bits per heavy atom. The Kier molecular flexibility index (Phi) is 8.02. The molecule has 5 nitrogen and oxygen atoms in total. The molecule has 2 saturated heterocycles. The van der Waals surface area contributed by atoms with Crippen LogP contribution in [0, 0.1) is 11.8 Å². The van der Waals surface area contributed by atoms with Crippen molar-refractivity contribution in [2.45, 2.75) is 134 Å². The van der Waals surface area contributed by atoms with Crippen molar-refractivity contribution in [3.05, 3.63) is 0 Å². The van der Waals surface area contributed by atoms with Gasteiger partial charge in [0, 0.05) is 0 Å². The standard InChI is InChI=1S/C23H48O5Si4/c1-29(26-30(2,3)14-12-18-8-10-20-22(16-18)24-20)27-32(6,7)28-31(4,5)15-13-19-9-11-21-23(17-19)25-21/h18-23,29H,8-17H2,1-7H3. The summed E-state index contributed by atoms with van der Waals surface area (Å²) in [7, 11) is -7.29. The quantitative estimate of drug-likeness (QED) is 0.238. The van der Waals surface area contributed by atoms with Crippen LogP contribution in [0.25, 0.3) is 0 Å². The molecule has 0 amide bonds. The molecule has 0 aromatic heterocycles. The van der Waals surface area contributed by atoms with Crippen molar-refractivity contribution in [2.75, 3.05) is 0 Å². The van der Waals surface area contributed by atoms with E-state index in [0.717, 1.165) is 11.8 Å². The van der Waals surface area contributed by atoms with E-state index < -0.39 is 34.5 Å². The van der Waals surface area contributed by atoms with Gasteiger partial charge in [-0.15, -0.1) is 0 Å². The first-order valence-electron chi connectivity index (χ1n) is 13.3. The molecule has 7 unspecified atom stereocenters. The van der Waals surface area contributed by atoms with Crippen LogP contribution in [-0.4, -0.2) is 58.9 Å². The second kappa shape index (κ2) is 9.97. The lowest BCUT2D eigenvalue weighted by molar-refractivity contribution is 0.334. The number of ether oxygens (including phenoxy) is 2. The van der Waals surface area contributed by atoms with Crippen LogP contribution in [0.4, 0.5) is 0 Å². The maximum atomic E-state index is 6.79. The van der Waals surface area contributed by atoms with E-state index in [2.05, 4.69) is 45.8 Å². The summed E-state index contributed by atoms with van der Waals surface area (Å²) in [4.78, 5) is 0. The maximum absolute atomic E-state index is 6.79. The van der Waals surface area contributed by atoms with Crippen LogP contribution in [0.3, 0.4) is 0 Å². The molecule has 2 saturated carbocycles. The zero-order valence-electron chi connectivity index (χ0n) is 21.7. The topological polar surface area (TPSA) is 52.8 Å². The summed E-state index contributed by atoms with van der Waals surface area (Å²) in [5.74, 6) is 1.68. The Morgan fingerprint density at radius 2 is 1.19 bits per heavy atom. The molecule has 0 radical (unpaired) electrons. The van der Waals surface area contributed by atoms with Crippen molar-refractivity contribution < 1.29 is 21.8 Å². The predicted octanol–water partition coefficient (Wildman–Crippen LogP) is 5.91. The van der Waals surface area contributed by atoms with Crippen molar-refractivity contribution in [1.82, 2.24) is 0 Å². The molecule has 0 bridgehead atoms. The minimum absolute atomic E-state index is 0.585. The Balaban J connectivity index is 1.16. The van der Waals surface area contributed by atoms with Gasteiger partial charge in [0.05, 0.1) is 24.4 Å². The van der Waals surface area contributed by atoms with E-state index in [9.17, 15) is 0 Å². The highest BCUT2D eigenvalue weighted by Crippen LogP contribution is 2.42. The van der Waals surface area contributed by atoms with Gasteiger partial charge in [-0.25, -0.2) is 0 Å². The zero-order chi connectivity index (χ0) is 23.1. The van der Waals surface area contributed by atoms with Gasteiger partial charge in [0.25, 0.3) is 9.28 Å². The predicted molar refractivity (Wildman–Crippen MR) is 140 cm³/mol. The largest absolute Gasteiger partial charge is 0.439 e. The van der Waals surface area contributed by atoms with Crippen LogP contribution in [0.15, 0.2) is 0 Å². The lowest BCUT2D eigenvalue weighted by Crippen LogP contribution is -2.51. The molecule has 0 N–H and O–H groups in total. The van der Waals surface area contributed by atoms with Gasteiger partial charge in [-0.2, -0.15) is 0 Å². The molecular formula is C23H48O5Si4. The molecule has 2 aliphatic heterocycles. The Hall–Kier alpha value is 0.668. The van der Waals surface area contributed by atoms with Gasteiger partial charge in [-0.05, 0) is 108 Å². The molecule has 0 spiro atoms. The number of epoxide rings is 2. The number of fused-ring (bicyclic) bond motifs is 2. The van der Waals surface area contributed by atoms with Gasteiger partial charge >= 0.3 is 8.56 Å². The zero-order valence-corrected chi connectivity index (χ0v) is 25.8. The molecule has 4 fully saturated rings. The SMILES string of the molecule is C[SiH](O[Si](C)(C)CCC1CCC2OC2C1)O[Si](C)(C)O[Si](C)(C)CCC1CCC2OC2C1. The summed E-state index contributed by atoms with van der Waals surface area (Å²) in [6.07, 6.45) is 12.8. The fraction of sp³-hybridized carbons (Fsp3) is 1.00. The third-order valence-electron chi connectivity index (χ3n) is 7.99. The van der Waals surface area contributed by atoms with Gasteiger partial charge in [-0.3, -0.25) is 0 Å². The van der Waals surface area contributed by atoms with Crippen molar-refractivity contribution in [2.24, 2.45) is 11.8 Å². The highest BCUT2D eigenvalue weighted by molar-refractivity contribution is 6.85. The second-order valence-electron chi connectivity index (χ2n) is 12.7. The van der Waals surface area contributed by atoms with E-state index in [1.807, 2.05) is 0 Å². The van der Waals surface area contributed by atoms with Gasteiger partial charge in [-0.1, -0.05) is 12.8 Å². The fourth-order valence-corrected chi connectivity index (χ4v) is 22.7. The maximum Gasteiger partial charge on any atom is 0.312 e. The molecule has 9 heteroatoms. The number of hydrogen-bond donors (Lipinski definition) is 0. The minimum Gasteiger partial charge on any atom is -0.439 e. The second-order valence-corrected chi connectivity index (χ2v) is 27.4. The lowest BCUT2D eigenvalue weighted by Gasteiger charge is -2.37. The van der Waals surface area contributed by atoms with Crippen molar-refractivity contribution >= 4 is 34.5 Å². The first-order valence-corrected chi connectivity index (χ1v) is 24.4. The smallest absolute Gasteiger partial charge is 0.312 e. The van der Waals surface area contributed by atoms with Crippen LogP contribution < -0.4 is 0 Å². The lowest BCUT2D eigenvalue weighted by atomic mass is 9.88. The molecular weight excluding hydrogens is 469 g/mol. The first kappa shape index (κ1) is 25.8. The van der Waals surface area contributed by atoms with Crippen LogP contribution in [0.1, 0.15) is 51.4 Å². The highest BCUT2D eigenvalue weighted by Gasteiger charge is 2.45. The van der Waals surface area contributed by atoms with Gasteiger partial charge in [0.2, 0.25) is 0 Å². The molecule has 2 heterocycles. The van der Waals surface area contributed by atoms with E-state index >= 15 is 0 Å². The van der Waals surface area contributed by atoms with Crippen LogP contribution in [-0.2, 0) is 21.8 Å². The molecule has 186 valence electrons. The summed E-state index contributed by atoms with van der Waals surface area (Å²) >= 11 is 0. The summed E-state index contributed by atoms with van der Waals surface area (Å²) in [6.45, 7) is 16.2. The van der Waals surface area contributed by atoms with Crippen LogP contribution in [0.5, 0.6) is 0 Å². The summed E-state index contributed by atoms with van der Waals surface area (Å²) in [6, 6.07) is 2.48. The minimum atomic E-state index is -2.17. The van der Waals surface area contributed by atoms with Gasteiger partial charge in [0.1, 0.15) is 0 Å². The molecule has 0 aromatic rings. The molecule has 0 aromatic carbocycles. The normalized spacial score (nSPS) is 35.7. The van der Waals surface area contributed by atoms with E-state index in [-0.39, 0.29) is 0 Å². The van der Waals surface area contributed by atoms with Crippen LogP contribution >= 0.6 is 0 Å². The molecule has 2 aliphatic carbocycles. The summed E-state index contributed by atoms with van der Waals surface area (Å²) in [5.41, 5.74) is 0. The molecule has 32 heavy (non-hydrogen) atoms. The van der Waals surface area contributed by atoms with Gasteiger partial charge < -0.3 is 21.8 Å². The van der Waals surface area contributed by atoms with Crippen molar-refractivity contribution in [3.63, 3.8) is 0 Å². The number of rotatable bonds is 12. The Morgan fingerprint density at radius 3 is 1.69 bits per heavy atom. The summed E-state index contributed by atoms with van der Waals surface area (Å²) < 4.78 is 31.5. The summed E-state index contributed by atoms with van der Waals surface area (Å²) in [5, 5.41) is 0. The van der Waals surface area contributed by atoms with Crippen LogP contribution in [0.2, 0.25) is 57.9 Å². The monoisotopic (exact) mass is 516 g/mol. The molecule has 7 atom stereocenters. The average Bonchev–Trinajstić information content (AvgIpc) is 3.56. The number of hydrogen-bond acceptors (Lipinski definition) is 5. The highest BCUT2D eigenvalue weighted by atomic mass is 28.5. The molecule has 4 aliphatic rings. The first-order chi connectivity index (χ1) is 14.9. The fourth-order valence-electron chi connectivity index (χ4n) is 6.27. The van der Waals surface area contributed by atoms with Gasteiger partial charge in [0.15, 0.2) is 16.6 Å². The van der Waals surface area contributed by atoms with E-state index in [1.54, 1.807) is 0 Å². The Labute approximate surface area is 201 Å². The van der Waals surface area contributed by atoms with E-state index in [0.29, 0.717) is 24.4 Å². The van der Waals surface area contributed by atoms with E-state index in [1.165, 1.54) is 63.5 Å². The molecule has 4 rings (SSSR count). The van der Waals surface area contributed by atoms with Crippen molar-refractivity contribution in [1.29, 1.82) is 0 Å². The third kappa shape index (κ3) is 7.84. The van der Waals surface area contributed by atoms with E-state index in [4.69, 9.17) is 21.8 Å². The van der Waals surface area contributed by atoms with Crippen molar-refractivity contribution in [3.8, 4) is 0 Å². The Bertz CT molecular complexity index is 646. The average molecular weight is 517 g/mol.